The minimum atomic E-state index is 0.0234. The maximum atomic E-state index is 9.15. The SMILES string of the molecule is CCCn1nnc(CO)c1C1CCC1. The van der Waals surface area contributed by atoms with Crippen molar-refractivity contribution < 1.29 is 5.11 Å². The van der Waals surface area contributed by atoms with Gasteiger partial charge < -0.3 is 5.11 Å². The van der Waals surface area contributed by atoms with E-state index in [1.807, 2.05) is 4.68 Å². The Morgan fingerprint density at radius 2 is 2.29 bits per heavy atom. The lowest BCUT2D eigenvalue weighted by atomic mass is 9.82. The summed E-state index contributed by atoms with van der Waals surface area (Å²) in [7, 11) is 0. The first-order chi connectivity index (χ1) is 6.86. The molecule has 0 bridgehead atoms. The number of aliphatic hydroxyl groups is 1. The minimum absolute atomic E-state index is 0.0234. The van der Waals surface area contributed by atoms with Gasteiger partial charge in [-0.1, -0.05) is 18.6 Å². The third-order valence-electron chi connectivity index (χ3n) is 2.92. The van der Waals surface area contributed by atoms with E-state index in [1.165, 1.54) is 25.0 Å². The second kappa shape index (κ2) is 4.09. The van der Waals surface area contributed by atoms with Crippen LogP contribution in [0.1, 0.15) is 49.9 Å². The first-order valence-corrected chi connectivity index (χ1v) is 5.40. The molecule has 4 nitrogen and oxygen atoms in total. The zero-order valence-electron chi connectivity index (χ0n) is 8.61. The van der Waals surface area contributed by atoms with Crippen LogP contribution in [0.2, 0.25) is 0 Å². The summed E-state index contributed by atoms with van der Waals surface area (Å²) in [5.41, 5.74) is 1.96. The molecule has 0 spiro atoms. The molecular formula is C10H17N3O. The highest BCUT2D eigenvalue weighted by Gasteiger charge is 2.26. The van der Waals surface area contributed by atoms with Crippen LogP contribution in [-0.4, -0.2) is 20.1 Å². The summed E-state index contributed by atoms with van der Waals surface area (Å²) in [6.45, 7) is 3.07. The largest absolute Gasteiger partial charge is 0.390 e. The van der Waals surface area contributed by atoms with Gasteiger partial charge >= 0.3 is 0 Å². The van der Waals surface area contributed by atoms with E-state index >= 15 is 0 Å². The zero-order valence-corrected chi connectivity index (χ0v) is 8.61. The van der Waals surface area contributed by atoms with Crippen LogP contribution in [0.5, 0.6) is 0 Å². The maximum absolute atomic E-state index is 9.15. The quantitative estimate of drug-likeness (QED) is 0.791. The van der Waals surface area contributed by atoms with Gasteiger partial charge in [0.25, 0.3) is 0 Å². The zero-order chi connectivity index (χ0) is 9.97. The van der Waals surface area contributed by atoms with Crippen molar-refractivity contribution in [2.45, 2.75) is 51.7 Å². The second-order valence-corrected chi connectivity index (χ2v) is 3.93. The van der Waals surface area contributed by atoms with E-state index < -0.39 is 0 Å². The molecule has 0 aliphatic heterocycles. The van der Waals surface area contributed by atoms with Gasteiger partial charge in [-0.3, -0.25) is 0 Å². The highest BCUT2D eigenvalue weighted by Crippen LogP contribution is 2.37. The van der Waals surface area contributed by atoms with E-state index in [4.69, 9.17) is 5.11 Å². The molecule has 78 valence electrons. The Balaban J connectivity index is 2.25. The van der Waals surface area contributed by atoms with Crippen LogP contribution in [0.4, 0.5) is 0 Å². The summed E-state index contributed by atoms with van der Waals surface area (Å²) in [6, 6.07) is 0. The monoisotopic (exact) mass is 195 g/mol. The van der Waals surface area contributed by atoms with Crippen molar-refractivity contribution in [3.8, 4) is 0 Å². The van der Waals surface area contributed by atoms with Gasteiger partial charge in [0.1, 0.15) is 5.69 Å². The highest BCUT2D eigenvalue weighted by molar-refractivity contribution is 5.17. The number of aryl methyl sites for hydroxylation is 1. The van der Waals surface area contributed by atoms with Crippen LogP contribution < -0.4 is 0 Å². The summed E-state index contributed by atoms with van der Waals surface area (Å²) < 4.78 is 1.97. The van der Waals surface area contributed by atoms with Crippen molar-refractivity contribution in [3.05, 3.63) is 11.4 Å². The molecule has 4 heteroatoms. The second-order valence-electron chi connectivity index (χ2n) is 3.93. The topological polar surface area (TPSA) is 50.9 Å². The molecule has 1 saturated carbocycles. The molecule has 2 rings (SSSR count). The molecule has 1 aliphatic carbocycles. The van der Waals surface area contributed by atoms with Crippen LogP contribution in [-0.2, 0) is 13.2 Å². The van der Waals surface area contributed by atoms with Crippen LogP contribution in [0, 0.1) is 0 Å². The van der Waals surface area contributed by atoms with E-state index in [0.717, 1.165) is 18.7 Å². The van der Waals surface area contributed by atoms with Crippen molar-refractivity contribution in [2.75, 3.05) is 0 Å². The van der Waals surface area contributed by atoms with Crippen LogP contribution in [0.3, 0.4) is 0 Å². The number of hydrogen-bond acceptors (Lipinski definition) is 3. The van der Waals surface area contributed by atoms with E-state index in [2.05, 4.69) is 17.2 Å². The van der Waals surface area contributed by atoms with Gasteiger partial charge in [0.2, 0.25) is 0 Å². The van der Waals surface area contributed by atoms with Crippen molar-refractivity contribution in [1.82, 2.24) is 15.0 Å². The fourth-order valence-corrected chi connectivity index (χ4v) is 1.97. The molecule has 0 unspecified atom stereocenters. The molecule has 1 heterocycles. The Morgan fingerprint density at radius 1 is 1.50 bits per heavy atom. The van der Waals surface area contributed by atoms with Gasteiger partial charge in [-0.15, -0.1) is 5.10 Å². The summed E-state index contributed by atoms with van der Waals surface area (Å²) in [5, 5.41) is 17.3. The van der Waals surface area contributed by atoms with Crippen molar-refractivity contribution in [3.63, 3.8) is 0 Å². The molecule has 1 fully saturated rings. The lowest BCUT2D eigenvalue weighted by molar-refractivity contribution is 0.271. The van der Waals surface area contributed by atoms with E-state index in [9.17, 15) is 0 Å². The molecule has 0 saturated heterocycles. The highest BCUT2D eigenvalue weighted by atomic mass is 16.3. The Morgan fingerprint density at radius 3 is 2.79 bits per heavy atom. The van der Waals surface area contributed by atoms with Gasteiger partial charge in [0, 0.05) is 12.5 Å². The van der Waals surface area contributed by atoms with E-state index in [1.54, 1.807) is 0 Å². The Kier molecular flexibility index (Phi) is 2.82. The maximum Gasteiger partial charge on any atom is 0.112 e. The number of aliphatic hydroxyl groups excluding tert-OH is 1. The van der Waals surface area contributed by atoms with E-state index in [-0.39, 0.29) is 6.61 Å². The average molecular weight is 195 g/mol. The third kappa shape index (κ3) is 1.54. The first kappa shape index (κ1) is 9.65. The molecule has 1 aromatic rings. The van der Waals surface area contributed by atoms with Gasteiger partial charge in [-0.25, -0.2) is 4.68 Å². The van der Waals surface area contributed by atoms with Crippen molar-refractivity contribution in [2.24, 2.45) is 0 Å². The fraction of sp³-hybridized carbons (Fsp3) is 0.800. The Labute approximate surface area is 83.9 Å². The van der Waals surface area contributed by atoms with Gasteiger partial charge in [0.05, 0.1) is 12.3 Å². The van der Waals surface area contributed by atoms with Gasteiger partial charge in [-0.05, 0) is 19.3 Å². The molecule has 0 aromatic carbocycles. The number of aromatic nitrogens is 3. The first-order valence-electron chi connectivity index (χ1n) is 5.40. The summed E-state index contributed by atoms with van der Waals surface area (Å²) >= 11 is 0. The third-order valence-corrected chi connectivity index (χ3v) is 2.92. The minimum Gasteiger partial charge on any atom is -0.390 e. The lowest BCUT2D eigenvalue weighted by Gasteiger charge is -2.26. The molecule has 1 aromatic heterocycles. The normalized spacial score (nSPS) is 17.0. The fourth-order valence-electron chi connectivity index (χ4n) is 1.97. The molecule has 14 heavy (non-hydrogen) atoms. The van der Waals surface area contributed by atoms with Crippen LogP contribution in [0.15, 0.2) is 0 Å². The van der Waals surface area contributed by atoms with Crippen molar-refractivity contribution >= 4 is 0 Å². The predicted octanol–water partition coefficient (Wildman–Crippen LogP) is 1.45. The average Bonchev–Trinajstić information content (AvgIpc) is 2.47. The Hall–Kier alpha value is -0.900. The number of rotatable bonds is 4. The van der Waals surface area contributed by atoms with Crippen LogP contribution in [0.25, 0.3) is 0 Å². The van der Waals surface area contributed by atoms with Crippen LogP contribution >= 0.6 is 0 Å². The molecule has 0 amide bonds. The van der Waals surface area contributed by atoms with Crippen molar-refractivity contribution in [1.29, 1.82) is 0 Å². The molecule has 1 aliphatic rings. The number of hydrogen-bond donors (Lipinski definition) is 1. The summed E-state index contributed by atoms with van der Waals surface area (Å²) in [6.07, 6.45) is 4.81. The predicted molar refractivity (Wildman–Crippen MR) is 52.8 cm³/mol. The molecule has 0 atom stereocenters. The Bertz CT molecular complexity index is 304. The van der Waals surface area contributed by atoms with Gasteiger partial charge in [0.15, 0.2) is 0 Å². The number of nitrogens with zero attached hydrogens (tertiary/aromatic N) is 3. The van der Waals surface area contributed by atoms with E-state index in [0.29, 0.717) is 5.92 Å². The summed E-state index contributed by atoms with van der Waals surface area (Å²) in [4.78, 5) is 0. The smallest absolute Gasteiger partial charge is 0.112 e. The molecule has 1 N–H and O–H groups in total. The summed E-state index contributed by atoms with van der Waals surface area (Å²) in [5.74, 6) is 0.596. The standard InChI is InChI=1S/C10H17N3O/c1-2-6-13-10(8-4-3-5-8)9(7-14)11-12-13/h8,14H,2-7H2,1H3. The molecular weight excluding hydrogens is 178 g/mol. The molecule has 0 radical (unpaired) electrons. The lowest BCUT2D eigenvalue weighted by Crippen LogP contribution is -2.16. The van der Waals surface area contributed by atoms with Gasteiger partial charge in [-0.2, -0.15) is 0 Å².